The van der Waals surface area contributed by atoms with Gasteiger partial charge in [-0.05, 0) is 36.8 Å². The second-order valence-corrected chi connectivity index (χ2v) is 7.46. The third-order valence-corrected chi connectivity index (χ3v) is 4.75. The van der Waals surface area contributed by atoms with Crippen LogP contribution in [0.1, 0.15) is 46.5 Å². The van der Waals surface area contributed by atoms with Gasteiger partial charge >= 0.3 is 0 Å². The summed E-state index contributed by atoms with van der Waals surface area (Å²) < 4.78 is 42.4. The molecule has 0 saturated carbocycles. The number of carbonyl (C=O) groups is 2. The van der Waals surface area contributed by atoms with Crippen molar-refractivity contribution in [2.75, 3.05) is 18.4 Å². The van der Waals surface area contributed by atoms with Crippen LogP contribution in [0.5, 0.6) is 0 Å². The maximum Gasteiger partial charge on any atom is 0.256 e. The molecule has 3 rings (SSSR count). The standard InChI is InChI=1S/C21H22F3N3O2.C2H6.2H2/c1-11(2)20(28)25-13-9-27(10-13)21(29)14-5-6-15(22)18(24)19(14)26-17-7-4-12(3)8-16(17)23;1-2;;/h4-8,11,13,26H,9-10H2,1-3H3,(H,25,28);1-2H3;2*1H. The number of anilines is 2. The number of nitrogens with one attached hydrogen (secondary N) is 2. The molecule has 1 heterocycles. The third-order valence-electron chi connectivity index (χ3n) is 4.75. The number of amides is 2. The van der Waals surface area contributed by atoms with Crippen molar-refractivity contribution >= 4 is 23.2 Å². The SMILES string of the molecule is CC.Cc1ccc(Nc2c(C(=O)N3CC(NC(=O)C(C)C)C3)ccc(F)c2F)c(F)c1.[HH].[HH]. The quantitative estimate of drug-likeness (QED) is 0.667. The zero-order valence-corrected chi connectivity index (χ0v) is 18.4. The number of nitrogens with zero attached hydrogens (tertiary/aromatic N) is 1. The number of halogens is 3. The Bertz CT molecular complexity index is 968. The van der Waals surface area contributed by atoms with Gasteiger partial charge in [0.2, 0.25) is 5.91 Å². The van der Waals surface area contributed by atoms with Gasteiger partial charge in [0.15, 0.2) is 11.6 Å². The van der Waals surface area contributed by atoms with E-state index in [9.17, 15) is 22.8 Å². The van der Waals surface area contributed by atoms with Crippen molar-refractivity contribution in [1.82, 2.24) is 10.2 Å². The minimum absolute atomic E-state index is 0. The summed E-state index contributed by atoms with van der Waals surface area (Å²) in [7, 11) is 0. The van der Waals surface area contributed by atoms with Crippen LogP contribution in [0.25, 0.3) is 0 Å². The first kappa shape index (κ1) is 24.2. The van der Waals surface area contributed by atoms with E-state index in [0.29, 0.717) is 5.56 Å². The summed E-state index contributed by atoms with van der Waals surface area (Å²) in [6.07, 6.45) is 0. The fourth-order valence-corrected chi connectivity index (χ4v) is 2.98. The summed E-state index contributed by atoms with van der Waals surface area (Å²) in [6.45, 7) is 9.74. The lowest BCUT2D eigenvalue weighted by atomic mass is 10.0. The van der Waals surface area contributed by atoms with Gasteiger partial charge in [-0.15, -0.1) is 0 Å². The maximum atomic E-state index is 14.5. The van der Waals surface area contributed by atoms with Gasteiger partial charge in [-0.25, -0.2) is 13.2 Å². The van der Waals surface area contributed by atoms with Gasteiger partial charge in [0.25, 0.3) is 5.91 Å². The molecule has 0 atom stereocenters. The van der Waals surface area contributed by atoms with Crippen LogP contribution in [0.15, 0.2) is 30.3 Å². The lowest BCUT2D eigenvalue weighted by Gasteiger charge is -2.40. The van der Waals surface area contributed by atoms with Crippen LogP contribution >= 0.6 is 0 Å². The van der Waals surface area contributed by atoms with Crippen LogP contribution in [0.3, 0.4) is 0 Å². The third kappa shape index (κ3) is 5.57. The maximum absolute atomic E-state index is 14.5. The van der Waals surface area contributed by atoms with Crippen LogP contribution in [0, 0.1) is 30.3 Å². The zero-order valence-electron chi connectivity index (χ0n) is 18.4. The van der Waals surface area contributed by atoms with Crippen molar-refractivity contribution < 1.29 is 25.6 Å². The van der Waals surface area contributed by atoms with E-state index >= 15 is 0 Å². The molecule has 31 heavy (non-hydrogen) atoms. The number of likely N-dealkylation sites (tertiary alicyclic amines) is 1. The molecule has 0 bridgehead atoms. The monoisotopic (exact) mass is 439 g/mol. The average molecular weight is 440 g/mol. The van der Waals surface area contributed by atoms with E-state index in [-0.39, 0.29) is 45.1 Å². The molecule has 172 valence electrons. The average Bonchev–Trinajstić information content (AvgIpc) is 2.70. The highest BCUT2D eigenvalue weighted by atomic mass is 19.2. The van der Waals surface area contributed by atoms with E-state index in [1.807, 2.05) is 13.8 Å². The highest BCUT2D eigenvalue weighted by Gasteiger charge is 2.34. The minimum atomic E-state index is -1.26. The molecule has 0 unspecified atom stereocenters. The molecule has 1 aliphatic heterocycles. The van der Waals surface area contributed by atoms with Gasteiger partial charge < -0.3 is 15.5 Å². The number of carbonyl (C=O) groups excluding carboxylic acids is 2. The fraction of sp³-hybridized carbons (Fsp3) is 0.391. The fourth-order valence-electron chi connectivity index (χ4n) is 2.98. The first-order valence-electron chi connectivity index (χ1n) is 10.3. The van der Waals surface area contributed by atoms with E-state index in [0.717, 1.165) is 12.1 Å². The topological polar surface area (TPSA) is 61.4 Å². The molecule has 5 nitrogen and oxygen atoms in total. The molecule has 0 radical (unpaired) electrons. The number of aryl methyl sites for hydroxylation is 1. The van der Waals surface area contributed by atoms with Crippen LogP contribution < -0.4 is 10.6 Å². The van der Waals surface area contributed by atoms with Crippen molar-refractivity contribution in [1.29, 1.82) is 0 Å². The summed E-state index contributed by atoms with van der Waals surface area (Å²) >= 11 is 0. The summed E-state index contributed by atoms with van der Waals surface area (Å²) in [6, 6.07) is 6.08. The molecular formula is C23H32F3N3O2. The van der Waals surface area contributed by atoms with Crippen LogP contribution in [-0.2, 0) is 4.79 Å². The highest BCUT2D eigenvalue weighted by Crippen LogP contribution is 2.30. The molecule has 2 N–H and O–H groups in total. The Balaban J connectivity index is 0.00000249. The van der Waals surface area contributed by atoms with E-state index in [1.54, 1.807) is 26.8 Å². The normalized spacial score (nSPS) is 13.3. The van der Waals surface area contributed by atoms with Crippen molar-refractivity contribution in [3.05, 3.63) is 58.9 Å². The molecule has 0 aliphatic carbocycles. The van der Waals surface area contributed by atoms with E-state index < -0.39 is 29.0 Å². The van der Waals surface area contributed by atoms with Gasteiger partial charge in [0.05, 0.1) is 23.0 Å². The zero-order chi connectivity index (χ0) is 23.3. The molecule has 8 heteroatoms. The predicted octanol–water partition coefficient (Wildman–Crippen LogP) is 5.27. The van der Waals surface area contributed by atoms with Gasteiger partial charge in [-0.2, -0.15) is 0 Å². The minimum Gasteiger partial charge on any atom is -0.350 e. The molecule has 1 saturated heterocycles. The van der Waals surface area contributed by atoms with Crippen LogP contribution in [-0.4, -0.2) is 35.8 Å². The summed E-state index contributed by atoms with van der Waals surface area (Å²) in [5.41, 5.74) is 0.0592. The molecular weight excluding hydrogens is 407 g/mol. The summed E-state index contributed by atoms with van der Waals surface area (Å²) in [4.78, 5) is 25.9. The van der Waals surface area contributed by atoms with Gasteiger partial charge in [0, 0.05) is 21.9 Å². The second kappa shape index (κ2) is 10.3. The number of benzene rings is 2. The van der Waals surface area contributed by atoms with Crippen LogP contribution in [0.4, 0.5) is 24.5 Å². The highest BCUT2D eigenvalue weighted by molar-refractivity contribution is 6.01. The first-order chi connectivity index (χ1) is 14.7. The van der Waals surface area contributed by atoms with Gasteiger partial charge in [0.1, 0.15) is 5.82 Å². The Labute approximate surface area is 183 Å². The molecule has 2 aromatic carbocycles. The van der Waals surface area contributed by atoms with E-state index in [1.165, 1.54) is 17.0 Å². The molecule has 1 fully saturated rings. The smallest absolute Gasteiger partial charge is 0.256 e. The van der Waals surface area contributed by atoms with Crippen molar-refractivity contribution in [2.24, 2.45) is 5.92 Å². The Morgan fingerprint density at radius 2 is 1.71 bits per heavy atom. The molecule has 0 spiro atoms. The van der Waals surface area contributed by atoms with Crippen molar-refractivity contribution in [2.45, 2.75) is 40.7 Å². The molecule has 2 aromatic rings. The Morgan fingerprint density at radius 1 is 1.06 bits per heavy atom. The molecule has 1 aliphatic rings. The lowest BCUT2D eigenvalue weighted by Crippen LogP contribution is -2.61. The summed E-state index contributed by atoms with van der Waals surface area (Å²) in [5.74, 6) is -3.89. The Morgan fingerprint density at radius 3 is 2.29 bits per heavy atom. The molecule has 2 amide bonds. The predicted molar refractivity (Wildman–Crippen MR) is 119 cm³/mol. The Hall–Kier alpha value is -3.03. The largest absolute Gasteiger partial charge is 0.350 e. The van der Waals surface area contributed by atoms with Gasteiger partial charge in [-0.1, -0.05) is 33.8 Å². The molecule has 0 aromatic heterocycles. The first-order valence-corrected chi connectivity index (χ1v) is 10.3. The number of hydrogen-bond acceptors (Lipinski definition) is 3. The lowest BCUT2D eigenvalue weighted by molar-refractivity contribution is -0.125. The van der Waals surface area contributed by atoms with E-state index in [2.05, 4.69) is 10.6 Å². The van der Waals surface area contributed by atoms with Crippen molar-refractivity contribution in [3.8, 4) is 0 Å². The number of rotatable bonds is 5. The van der Waals surface area contributed by atoms with E-state index in [4.69, 9.17) is 0 Å². The van der Waals surface area contributed by atoms with Crippen LogP contribution in [0.2, 0.25) is 0 Å². The second-order valence-electron chi connectivity index (χ2n) is 7.46. The van der Waals surface area contributed by atoms with Gasteiger partial charge in [-0.3, -0.25) is 9.59 Å². The summed E-state index contributed by atoms with van der Waals surface area (Å²) in [5, 5.41) is 5.32. The number of hydrogen-bond donors (Lipinski definition) is 2. The van der Waals surface area contributed by atoms with Crippen molar-refractivity contribution in [3.63, 3.8) is 0 Å². The Kier molecular flexibility index (Phi) is 8.08.